The largest absolute Gasteiger partial charge is 0.339 e. The highest BCUT2D eigenvalue weighted by atomic mass is 16.2. The van der Waals surface area contributed by atoms with Crippen LogP contribution in [0.25, 0.3) is 0 Å². The molecule has 2 heterocycles. The van der Waals surface area contributed by atoms with Gasteiger partial charge in [0.15, 0.2) is 0 Å². The van der Waals surface area contributed by atoms with Crippen molar-refractivity contribution in [2.45, 2.75) is 46.1 Å². The number of carbonyl (C=O) groups is 1. The number of aryl methyl sites for hydroxylation is 2. The van der Waals surface area contributed by atoms with Crippen molar-refractivity contribution in [3.63, 3.8) is 0 Å². The Morgan fingerprint density at radius 1 is 1.04 bits per heavy atom. The lowest BCUT2D eigenvalue weighted by molar-refractivity contribution is 0.0761. The van der Waals surface area contributed by atoms with Gasteiger partial charge in [0, 0.05) is 24.3 Å². The zero-order valence-electron chi connectivity index (χ0n) is 14.1. The molecule has 2 aromatic rings. The molecule has 1 aliphatic rings. The highest BCUT2D eigenvalue weighted by molar-refractivity contribution is 5.94. The molecule has 1 fully saturated rings. The van der Waals surface area contributed by atoms with Crippen molar-refractivity contribution in [2.24, 2.45) is 0 Å². The van der Waals surface area contributed by atoms with Gasteiger partial charge in [-0.1, -0.05) is 25.0 Å². The summed E-state index contributed by atoms with van der Waals surface area (Å²) in [5, 5.41) is 4.49. The lowest BCUT2D eigenvalue weighted by atomic mass is 10.1. The highest BCUT2D eigenvalue weighted by Gasteiger charge is 2.17. The monoisotopic (exact) mass is 311 g/mol. The average molecular weight is 311 g/mol. The van der Waals surface area contributed by atoms with E-state index in [0.29, 0.717) is 0 Å². The second-order valence-electron chi connectivity index (χ2n) is 6.49. The molecule has 0 saturated carbocycles. The Kier molecular flexibility index (Phi) is 4.79. The van der Waals surface area contributed by atoms with Gasteiger partial charge < -0.3 is 4.90 Å². The predicted octanol–water partition coefficient (Wildman–Crippen LogP) is 3.56. The van der Waals surface area contributed by atoms with Crippen molar-refractivity contribution in [1.29, 1.82) is 0 Å². The number of amides is 1. The fourth-order valence-corrected chi connectivity index (χ4v) is 3.22. The van der Waals surface area contributed by atoms with E-state index in [-0.39, 0.29) is 5.91 Å². The minimum atomic E-state index is 0.171. The summed E-state index contributed by atoms with van der Waals surface area (Å²) < 4.78 is 2.00. The summed E-state index contributed by atoms with van der Waals surface area (Å²) >= 11 is 0. The van der Waals surface area contributed by atoms with Crippen LogP contribution in [-0.2, 0) is 6.54 Å². The van der Waals surface area contributed by atoms with Gasteiger partial charge in [0.2, 0.25) is 0 Å². The first-order valence-corrected chi connectivity index (χ1v) is 8.53. The number of nitrogens with zero attached hydrogens (tertiary/aromatic N) is 3. The first-order valence-electron chi connectivity index (χ1n) is 8.53. The molecule has 0 unspecified atom stereocenters. The Morgan fingerprint density at radius 3 is 2.26 bits per heavy atom. The fourth-order valence-electron chi connectivity index (χ4n) is 3.22. The molecule has 0 radical (unpaired) electrons. The van der Waals surface area contributed by atoms with E-state index in [9.17, 15) is 4.79 Å². The molecule has 1 amide bonds. The van der Waals surface area contributed by atoms with Crippen LogP contribution in [0, 0.1) is 13.8 Å². The van der Waals surface area contributed by atoms with Crippen LogP contribution in [0.4, 0.5) is 0 Å². The molecule has 3 rings (SSSR count). The van der Waals surface area contributed by atoms with Gasteiger partial charge in [-0.25, -0.2) is 0 Å². The lowest BCUT2D eigenvalue weighted by Crippen LogP contribution is -2.31. The zero-order chi connectivity index (χ0) is 16.2. The van der Waals surface area contributed by atoms with Crippen molar-refractivity contribution >= 4 is 5.91 Å². The smallest absolute Gasteiger partial charge is 0.253 e. The van der Waals surface area contributed by atoms with E-state index in [0.717, 1.165) is 49.4 Å². The SMILES string of the molecule is Cc1cc(C)n(Cc2ccc(C(=O)N3CCCCCC3)cc2)n1. The van der Waals surface area contributed by atoms with Gasteiger partial charge in [0.25, 0.3) is 5.91 Å². The van der Waals surface area contributed by atoms with Gasteiger partial charge in [-0.15, -0.1) is 0 Å². The van der Waals surface area contributed by atoms with Crippen LogP contribution >= 0.6 is 0 Å². The Bertz CT molecular complexity index is 664. The molecular formula is C19H25N3O. The summed E-state index contributed by atoms with van der Waals surface area (Å²) in [7, 11) is 0. The number of hydrogen-bond acceptors (Lipinski definition) is 2. The maximum absolute atomic E-state index is 12.6. The maximum atomic E-state index is 12.6. The molecule has 1 aromatic heterocycles. The third-order valence-corrected chi connectivity index (χ3v) is 4.53. The Morgan fingerprint density at radius 2 is 1.70 bits per heavy atom. The van der Waals surface area contributed by atoms with Crippen molar-refractivity contribution in [2.75, 3.05) is 13.1 Å². The molecule has 4 nitrogen and oxygen atoms in total. The molecule has 0 aliphatic carbocycles. The van der Waals surface area contributed by atoms with E-state index in [1.54, 1.807) is 0 Å². The van der Waals surface area contributed by atoms with Crippen molar-refractivity contribution in [3.8, 4) is 0 Å². The minimum absolute atomic E-state index is 0.171. The molecule has 1 saturated heterocycles. The van der Waals surface area contributed by atoms with Gasteiger partial charge in [-0.3, -0.25) is 9.48 Å². The number of hydrogen-bond donors (Lipinski definition) is 0. The molecule has 23 heavy (non-hydrogen) atoms. The number of carbonyl (C=O) groups excluding carboxylic acids is 1. The van der Waals surface area contributed by atoms with Crippen LogP contribution in [0.15, 0.2) is 30.3 Å². The van der Waals surface area contributed by atoms with Crippen LogP contribution < -0.4 is 0 Å². The minimum Gasteiger partial charge on any atom is -0.339 e. The van der Waals surface area contributed by atoms with E-state index < -0.39 is 0 Å². The predicted molar refractivity (Wildman–Crippen MR) is 91.6 cm³/mol. The van der Waals surface area contributed by atoms with Gasteiger partial charge >= 0.3 is 0 Å². The Labute approximate surface area is 138 Å². The summed E-state index contributed by atoms with van der Waals surface area (Å²) in [4.78, 5) is 14.6. The molecule has 1 aromatic carbocycles. The van der Waals surface area contributed by atoms with Crippen molar-refractivity contribution < 1.29 is 4.79 Å². The number of benzene rings is 1. The van der Waals surface area contributed by atoms with Gasteiger partial charge in [0.05, 0.1) is 12.2 Å². The quantitative estimate of drug-likeness (QED) is 0.869. The number of likely N-dealkylation sites (tertiary alicyclic amines) is 1. The van der Waals surface area contributed by atoms with E-state index in [1.165, 1.54) is 18.4 Å². The Balaban J connectivity index is 1.68. The van der Waals surface area contributed by atoms with Crippen LogP contribution in [0.5, 0.6) is 0 Å². The summed E-state index contributed by atoms with van der Waals surface area (Å²) in [6.07, 6.45) is 4.74. The first kappa shape index (κ1) is 15.8. The summed E-state index contributed by atoms with van der Waals surface area (Å²) in [6.45, 7) is 6.61. The first-order chi connectivity index (χ1) is 11.1. The average Bonchev–Trinajstić information content (AvgIpc) is 2.75. The highest BCUT2D eigenvalue weighted by Crippen LogP contribution is 2.15. The number of aromatic nitrogens is 2. The fraction of sp³-hybridized carbons (Fsp3) is 0.474. The van der Waals surface area contributed by atoms with Crippen molar-refractivity contribution in [1.82, 2.24) is 14.7 Å². The lowest BCUT2D eigenvalue weighted by Gasteiger charge is -2.20. The van der Waals surface area contributed by atoms with E-state index in [4.69, 9.17) is 0 Å². The number of rotatable bonds is 3. The molecule has 122 valence electrons. The molecular weight excluding hydrogens is 286 g/mol. The molecule has 0 atom stereocenters. The third-order valence-electron chi connectivity index (χ3n) is 4.53. The molecule has 1 aliphatic heterocycles. The standard InChI is InChI=1S/C19H25N3O/c1-15-13-16(2)22(20-15)14-17-7-9-18(10-8-17)19(23)21-11-5-3-4-6-12-21/h7-10,13H,3-6,11-12,14H2,1-2H3. The normalized spacial score (nSPS) is 15.5. The molecule has 0 bridgehead atoms. The topological polar surface area (TPSA) is 38.1 Å². The van der Waals surface area contributed by atoms with Gasteiger partial charge in [0.1, 0.15) is 0 Å². The maximum Gasteiger partial charge on any atom is 0.253 e. The van der Waals surface area contributed by atoms with Crippen LogP contribution in [-0.4, -0.2) is 33.7 Å². The molecule has 0 spiro atoms. The summed E-state index contributed by atoms with van der Waals surface area (Å²) in [5.41, 5.74) is 4.16. The van der Waals surface area contributed by atoms with Gasteiger partial charge in [-0.2, -0.15) is 5.10 Å². The van der Waals surface area contributed by atoms with Crippen LogP contribution in [0.3, 0.4) is 0 Å². The van der Waals surface area contributed by atoms with E-state index >= 15 is 0 Å². The Hall–Kier alpha value is -2.10. The second-order valence-corrected chi connectivity index (χ2v) is 6.49. The summed E-state index contributed by atoms with van der Waals surface area (Å²) in [5.74, 6) is 0.171. The molecule has 4 heteroatoms. The summed E-state index contributed by atoms with van der Waals surface area (Å²) in [6, 6.07) is 10.1. The van der Waals surface area contributed by atoms with Crippen LogP contribution in [0.1, 0.15) is 53.0 Å². The molecule has 0 N–H and O–H groups in total. The van der Waals surface area contributed by atoms with Crippen LogP contribution in [0.2, 0.25) is 0 Å². The third kappa shape index (κ3) is 3.81. The van der Waals surface area contributed by atoms with Crippen molar-refractivity contribution in [3.05, 3.63) is 52.8 Å². The van der Waals surface area contributed by atoms with E-state index in [2.05, 4.69) is 18.1 Å². The van der Waals surface area contributed by atoms with Gasteiger partial charge in [-0.05, 0) is 50.5 Å². The zero-order valence-corrected chi connectivity index (χ0v) is 14.1. The van der Waals surface area contributed by atoms with E-state index in [1.807, 2.05) is 40.8 Å². The second kappa shape index (κ2) is 6.99.